The summed E-state index contributed by atoms with van der Waals surface area (Å²) in [5.41, 5.74) is 1.28. The molecule has 2 aromatic rings. The van der Waals surface area contributed by atoms with Gasteiger partial charge in [-0.15, -0.1) is 0 Å². The van der Waals surface area contributed by atoms with E-state index in [0.717, 1.165) is 5.56 Å². The number of pyridine rings is 1. The van der Waals surface area contributed by atoms with Crippen LogP contribution in [0.4, 0.5) is 4.79 Å². The molecule has 0 aliphatic heterocycles. The van der Waals surface area contributed by atoms with Crippen LogP contribution in [0.25, 0.3) is 0 Å². The van der Waals surface area contributed by atoms with E-state index in [1.165, 1.54) is 10.9 Å². The van der Waals surface area contributed by atoms with Crippen LogP contribution in [0.2, 0.25) is 0 Å². The third-order valence-corrected chi connectivity index (χ3v) is 2.78. The van der Waals surface area contributed by atoms with Crippen molar-refractivity contribution in [3.05, 3.63) is 48.0 Å². The number of urea groups is 1. The average molecular weight is 289 g/mol. The predicted molar refractivity (Wildman–Crippen MR) is 73.2 cm³/mol. The molecule has 2 aromatic heterocycles. The molecule has 0 saturated heterocycles. The summed E-state index contributed by atoms with van der Waals surface area (Å²) in [4.78, 5) is 26.9. The number of aryl methyl sites for hydroxylation is 1. The molecule has 3 N–H and O–H groups in total. The molecule has 1 atom stereocenters. The highest BCUT2D eigenvalue weighted by molar-refractivity contribution is 5.83. The number of amides is 2. The van der Waals surface area contributed by atoms with Gasteiger partial charge in [0.25, 0.3) is 0 Å². The van der Waals surface area contributed by atoms with E-state index >= 15 is 0 Å². The minimum absolute atomic E-state index is 0.285. The second-order valence-corrected chi connectivity index (χ2v) is 4.40. The number of carbonyl (C=O) groups is 2. The average Bonchev–Trinajstić information content (AvgIpc) is 2.89. The molecule has 0 aliphatic rings. The monoisotopic (exact) mass is 289 g/mol. The highest BCUT2D eigenvalue weighted by atomic mass is 16.4. The van der Waals surface area contributed by atoms with E-state index in [2.05, 4.69) is 20.7 Å². The first-order valence-electron chi connectivity index (χ1n) is 6.21. The first kappa shape index (κ1) is 14.5. The Labute approximate surface area is 120 Å². The number of aromatic nitrogens is 3. The molecular formula is C13H15N5O3. The number of nitrogens with zero attached hydrogens (tertiary/aromatic N) is 3. The molecule has 1 unspecified atom stereocenters. The van der Waals surface area contributed by atoms with E-state index in [1.54, 1.807) is 37.8 Å². The van der Waals surface area contributed by atoms with Gasteiger partial charge in [-0.2, -0.15) is 5.10 Å². The molecule has 110 valence electrons. The molecule has 8 heteroatoms. The zero-order valence-electron chi connectivity index (χ0n) is 11.4. The summed E-state index contributed by atoms with van der Waals surface area (Å²) in [6, 6.07) is 1.81. The van der Waals surface area contributed by atoms with Crippen LogP contribution < -0.4 is 10.6 Å². The Balaban J connectivity index is 1.94. The van der Waals surface area contributed by atoms with Gasteiger partial charge in [0.1, 0.15) is 0 Å². The van der Waals surface area contributed by atoms with E-state index in [-0.39, 0.29) is 6.54 Å². The highest BCUT2D eigenvalue weighted by Gasteiger charge is 2.23. The molecular weight excluding hydrogens is 274 g/mol. The fourth-order valence-corrected chi connectivity index (χ4v) is 1.74. The molecule has 0 saturated carbocycles. The fraction of sp³-hybridized carbons (Fsp3) is 0.231. The molecule has 0 aromatic carbocycles. The second kappa shape index (κ2) is 6.51. The summed E-state index contributed by atoms with van der Waals surface area (Å²) in [5, 5.41) is 18.1. The van der Waals surface area contributed by atoms with Crippen molar-refractivity contribution in [2.24, 2.45) is 7.05 Å². The Morgan fingerprint density at radius 3 is 2.67 bits per heavy atom. The van der Waals surface area contributed by atoms with Gasteiger partial charge in [0, 0.05) is 37.7 Å². The van der Waals surface area contributed by atoms with Gasteiger partial charge in [0.15, 0.2) is 6.04 Å². The molecule has 2 heterocycles. The number of aliphatic carboxylic acids is 1. The SMILES string of the molecule is Cn1cc(C(NC(=O)NCc2ccncc2)C(=O)O)cn1. The van der Waals surface area contributed by atoms with Crippen LogP contribution in [0.3, 0.4) is 0 Å². The van der Waals surface area contributed by atoms with Crippen LogP contribution in [0.1, 0.15) is 17.2 Å². The Morgan fingerprint density at radius 2 is 2.10 bits per heavy atom. The van der Waals surface area contributed by atoms with Crippen LogP contribution in [-0.2, 0) is 18.4 Å². The van der Waals surface area contributed by atoms with Gasteiger partial charge in [-0.25, -0.2) is 9.59 Å². The predicted octanol–water partition coefficient (Wildman–Crippen LogP) is 0.440. The lowest BCUT2D eigenvalue weighted by molar-refractivity contribution is -0.139. The van der Waals surface area contributed by atoms with E-state index in [0.29, 0.717) is 5.56 Å². The van der Waals surface area contributed by atoms with E-state index < -0.39 is 18.0 Å². The first-order valence-corrected chi connectivity index (χ1v) is 6.21. The molecule has 2 amide bonds. The lowest BCUT2D eigenvalue weighted by Gasteiger charge is -2.13. The molecule has 0 aliphatic carbocycles. The second-order valence-electron chi connectivity index (χ2n) is 4.40. The number of carbonyl (C=O) groups excluding carboxylic acids is 1. The molecule has 0 spiro atoms. The maximum Gasteiger partial charge on any atom is 0.331 e. The van der Waals surface area contributed by atoms with E-state index in [9.17, 15) is 14.7 Å². The highest BCUT2D eigenvalue weighted by Crippen LogP contribution is 2.11. The van der Waals surface area contributed by atoms with Crippen molar-refractivity contribution in [3.8, 4) is 0 Å². The van der Waals surface area contributed by atoms with Crippen LogP contribution in [-0.4, -0.2) is 31.9 Å². The molecule has 8 nitrogen and oxygen atoms in total. The number of nitrogens with one attached hydrogen (secondary N) is 2. The summed E-state index contributed by atoms with van der Waals surface area (Å²) >= 11 is 0. The van der Waals surface area contributed by atoms with Crippen molar-refractivity contribution in [2.75, 3.05) is 0 Å². The number of hydrogen-bond donors (Lipinski definition) is 3. The van der Waals surface area contributed by atoms with Crippen molar-refractivity contribution in [1.82, 2.24) is 25.4 Å². The Morgan fingerprint density at radius 1 is 1.38 bits per heavy atom. The Hall–Kier alpha value is -2.90. The Kier molecular flexibility index (Phi) is 4.50. The number of carboxylic acids is 1. The largest absolute Gasteiger partial charge is 0.479 e. The van der Waals surface area contributed by atoms with Gasteiger partial charge in [-0.3, -0.25) is 9.67 Å². The summed E-state index contributed by atoms with van der Waals surface area (Å²) in [7, 11) is 1.67. The van der Waals surface area contributed by atoms with Gasteiger partial charge < -0.3 is 15.7 Å². The topological polar surface area (TPSA) is 109 Å². The molecule has 21 heavy (non-hydrogen) atoms. The maximum absolute atomic E-state index is 11.8. The van der Waals surface area contributed by atoms with Gasteiger partial charge in [0.2, 0.25) is 0 Å². The first-order chi connectivity index (χ1) is 10.1. The van der Waals surface area contributed by atoms with E-state index in [4.69, 9.17) is 0 Å². The summed E-state index contributed by atoms with van der Waals surface area (Å²) < 4.78 is 1.47. The van der Waals surface area contributed by atoms with Gasteiger partial charge in [-0.1, -0.05) is 0 Å². The smallest absolute Gasteiger partial charge is 0.331 e. The van der Waals surface area contributed by atoms with Crippen molar-refractivity contribution in [3.63, 3.8) is 0 Å². The fourth-order valence-electron chi connectivity index (χ4n) is 1.74. The zero-order chi connectivity index (χ0) is 15.2. The quantitative estimate of drug-likeness (QED) is 0.740. The van der Waals surface area contributed by atoms with Crippen molar-refractivity contribution in [1.29, 1.82) is 0 Å². The lowest BCUT2D eigenvalue weighted by Crippen LogP contribution is -2.40. The van der Waals surface area contributed by atoms with Crippen molar-refractivity contribution < 1.29 is 14.7 Å². The minimum atomic E-state index is -1.15. The normalized spacial score (nSPS) is 11.7. The van der Waals surface area contributed by atoms with Gasteiger partial charge in [0.05, 0.1) is 6.20 Å². The molecule has 2 rings (SSSR count). The zero-order valence-corrected chi connectivity index (χ0v) is 11.4. The van der Waals surface area contributed by atoms with Gasteiger partial charge >= 0.3 is 12.0 Å². The number of rotatable bonds is 5. The summed E-state index contributed by atoms with van der Waals surface area (Å²) in [6.07, 6.45) is 6.18. The summed E-state index contributed by atoms with van der Waals surface area (Å²) in [6.45, 7) is 0.285. The standard InChI is InChI=1S/C13H15N5O3/c1-18-8-10(7-16-18)11(12(19)20)17-13(21)15-6-9-2-4-14-5-3-9/h2-5,7-8,11H,6H2,1H3,(H,19,20)(H2,15,17,21). The minimum Gasteiger partial charge on any atom is -0.479 e. The number of carboxylic acid groups (broad SMARTS) is 1. The van der Waals surface area contributed by atoms with Crippen LogP contribution in [0, 0.1) is 0 Å². The van der Waals surface area contributed by atoms with E-state index in [1.807, 2.05) is 0 Å². The number of hydrogen-bond acceptors (Lipinski definition) is 4. The van der Waals surface area contributed by atoms with Crippen LogP contribution in [0.15, 0.2) is 36.9 Å². The maximum atomic E-state index is 11.8. The molecule has 0 radical (unpaired) electrons. The third-order valence-electron chi connectivity index (χ3n) is 2.78. The van der Waals surface area contributed by atoms with Crippen LogP contribution >= 0.6 is 0 Å². The Bertz CT molecular complexity index is 626. The van der Waals surface area contributed by atoms with Crippen LogP contribution in [0.5, 0.6) is 0 Å². The van der Waals surface area contributed by atoms with Crippen molar-refractivity contribution in [2.45, 2.75) is 12.6 Å². The lowest BCUT2D eigenvalue weighted by atomic mass is 10.1. The third kappa shape index (κ3) is 4.03. The summed E-state index contributed by atoms with van der Waals surface area (Å²) in [5.74, 6) is -1.15. The van der Waals surface area contributed by atoms with Gasteiger partial charge in [-0.05, 0) is 17.7 Å². The molecule has 0 bridgehead atoms. The van der Waals surface area contributed by atoms with Crippen molar-refractivity contribution >= 4 is 12.0 Å². The molecule has 0 fully saturated rings.